The Bertz CT molecular complexity index is 901. The molecule has 0 nitrogen and oxygen atoms in total. The third kappa shape index (κ3) is 3.85. The van der Waals surface area contributed by atoms with Gasteiger partial charge in [0.05, 0.1) is 5.39 Å². The topological polar surface area (TPSA) is 0 Å². The summed E-state index contributed by atoms with van der Waals surface area (Å²) in [6.45, 7) is 5.91. The lowest BCUT2D eigenvalue weighted by atomic mass is 9.63. The fraction of sp³-hybridized carbons (Fsp3) is 0.538. The van der Waals surface area contributed by atoms with Crippen molar-refractivity contribution in [3.63, 3.8) is 0 Å². The standard InChI is InChI=1S/C26H31F3/c1-3-5-6-17-9-12-21-15-22(25(28)26(29)23(21)24(17)27)20-11-10-18-13-16(4-2)7-8-19(18)14-20/h3,9,12,15-16,18-20H,1,4-8,10-11,13-14H2,2H3/t16?,18-,19?,20-/m1/s1. The summed E-state index contributed by atoms with van der Waals surface area (Å²) in [6, 6.07) is 5.14. The van der Waals surface area contributed by atoms with Crippen molar-refractivity contribution < 1.29 is 13.2 Å². The molecule has 4 atom stereocenters. The van der Waals surface area contributed by atoms with Crippen molar-refractivity contribution in [3.8, 4) is 0 Å². The zero-order valence-electron chi connectivity index (χ0n) is 17.3. The molecule has 0 spiro atoms. The van der Waals surface area contributed by atoms with Crippen LogP contribution in [0.25, 0.3) is 10.8 Å². The number of aryl methyl sites for hydroxylation is 1. The lowest BCUT2D eigenvalue weighted by molar-refractivity contribution is 0.115. The third-order valence-corrected chi connectivity index (χ3v) is 7.59. The maximum Gasteiger partial charge on any atom is 0.169 e. The molecule has 0 saturated heterocycles. The molecule has 2 aromatic carbocycles. The quantitative estimate of drug-likeness (QED) is 0.445. The molecule has 2 aliphatic carbocycles. The van der Waals surface area contributed by atoms with Crippen molar-refractivity contribution in [1.29, 1.82) is 0 Å². The third-order valence-electron chi connectivity index (χ3n) is 7.59. The molecule has 2 saturated carbocycles. The van der Waals surface area contributed by atoms with Crippen molar-refractivity contribution in [1.82, 2.24) is 0 Å². The molecule has 2 unspecified atom stereocenters. The first-order valence-electron chi connectivity index (χ1n) is 11.2. The number of rotatable bonds is 5. The van der Waals surface area contributed by atoms with E-state index in [9.17, 15) is 8.78 Å². The molecule has 0 aliphatic heterocycles. The molecular formula is C26H31F3. The van der Waals surface area contributed by atoms with E-state index in [0.29, 0.717) is 35.3 Å². The summed E-state index contributed by atoms with van der Waals surface area (Å²) < 4.78 is 44.9. The molecular weight excluding hydrogens is 369 g/mol. The fourth-order valence-electron chi connectivity index (χ4n) is 5.83. The highest BCUT2D eigenvalue weighted by Crippen LogP contribution is 2.49. The van der Waals surface area contributed by atoms with Crippen LogP contribution in [0, 0.1) is 35.2 Å². The Balaban J connectivity index is 1.63. The summed E-state index contributed by atoms with van der Waals surface area (Å²) in [6.07, 6.45) is 10.7. The van der Waals surface area contributed by atoms with E-state index in [1.54, 1.807) is 24.3 Å². The molecule has 0 bridgehead atoms. The first-order chi connectivity index (χ1) is 14.0. The number of hydrogen-bond donors (Lipinski definition) is 0. The van der Waals surface area contributed by atoms with Gasteiger partial charge >= 0.3 is 0 Å². The minimum Gasteiger partial charge on any atom is -0.206 e. The van der Waals surface area contributed by atoms with Gasteiger partial charge in [-0.25, -0.2) is 13.2 Å². The molecule has 2 fully saturated rings. The molecule has 4 rings (SSSR count). The first kappa shape index (κ1) is 20.5. The van der Waals surface area contributed by atoms with Gasteiger partial charge in [-0.2, -0.15) is 0 Å². The second-order valence-corrected chi connectivity index (χ2v) is 9.18. The number of halogens is 3. The molecule has 29 heavy (non-hydrogen) atoms. The van der Waals surface area contributed by atoms with Crippen LogP contribution < -0.4 is 0 Å². The molecule has 0 heterocycles. The predicted octanol–water partition coefficient (Wildman–Crippen LogP) is 8.09. The molecule has 156 valence electrons. The van der Waals surface area contributed by atoms with Crippen LogP contribution in [0.15, 0.2) is 30.9 Å². The van der Waals surface area contributed by atoms with Crippen LogP contribution >= 0.6 is 0 Å². The van der Waals surface area contributed by atoms with Gasteiger partial charge in [0.15, 0.2) is 11.6 Å². The minimum atomic E-state index is -1.02. The van der Waals surface area contributed by atoms with Gasteiger partial charge in [0.25, 0.3) is 0 Å². The largest absolute Gasteiger partial charge is 0.206 e. The molecule has 0 radical (unpaired) electrons. The molecule has 0 aromatic heterocycles. The maximum atomic E-state index is 15.1. The van der Waals surface area contributed by atoms with Crippen molar-refractivity contribution in [2.24, 2.45) is 17.8 Å². The zero-order valence-corrected chi connectivity index (χ0v) is 17.3. The Morgan fingerprint density at radius 1 is 0.966 bits per heavy atom. The van der Waals surface area contributed by atoms with Gasteiger partial charge in [-0.1, -0.05) is 38.0 Å². The minimum absolute atomic E-state index is 0.0387. The first-order valence-corrected chi connectivity index (χ1v) is 11.2. The smallest absolute Gasteiger partial charge is 0.169 e. The summed E-state index contributed by atoms with van der Waals surface area (Å²) in [5.41, 5.74) is 0.862. The van der Waals surface area contributed by atoms with Crippen LogP contribution in [0.4, 0.5) is 13.2 Å². The van der Waals surface area contributed by atoms with E-state index in [2.05, 4.69) is 13.5 Å². The van der Waals surface area contributed by atoms with Crippen LogP contribution in [-0.2, 0) is 6.42 Å². The van der Waals surface area contributed by atoms with E-state index >= 15 is 4.39 Å². The van der Waals surface area contributed by atoms with Crippen molar-refractivity contribution >= 4 is 10.8 Å². The average molecular weight is 401 g/mol. The van der Waals surface area contributed by atoms with Gasteiger partial charge in [0.2, 0.25) is 0 Å². The van der Waals surface area contributed by atoms with E-state index in [0.717, 1.165) is 31.1 Å². The number of benzene rings is 2. The fourth-order valence-corrected chi connectivity index (χ4v) is 5.83. The van der Waals surface area contributed by atoms with Crippen molar-refractivity contribution in [3.05, 3.63) is 59.4 Å². The van der Waals surface area contributed by atoms with Gasteiger partial charge in [-0.3, -0.25) is 0 Å². The number of fused-ring (bicyclic) bond motifs is 2. The molecule has 2 aliphatic rings. The summed E-state index contributed by atoms with van der Waals surface area (Å²) in [7, 11) is 0. The Labute approximate surface area is 172 Å². The van der Waals surface area contributed by atoms with Crippen LogP contribution in [-0.4, -0.2) is 0 Å². The van der Waals surface area contributed by atoms with Gasteiger partial charge in [0.1, 0.15) is 5.82 Å². The lowest BCUT2D eigenvalue weighted by Crippen LogP contribution is -2.30. The van der Waals surface area contributed by atoms with Gasteiger partial charge in [-0.15, -0.1) is 6.58 Å². The highest BCUT2D eigenvalue weighted by molar-refractivity contribution is 5.85. The van der Waals surface area contributed by atoms with Crippen LogP contribution in [0.1, 0.15) is 75.3 Å². The molecule has 0 N–H and O–H groups in total. The average Bonchev–Trinajstić information content (AvgIpc) is 2.74. The van der Waals surface area contributed by atoms with Gasteiger partial charge in [0, 0.05) is 0 Å². The highest BCUT2D eigenvalue weighted by atomic mass is 19.2. The van der Waals surface area contributed by atoms with E-state index in [1.165, 1.54) is 25.7 Å². The Morgan fingerprint density at radius 3 is 2.48 bits per heavy atom. The highest BCUT2D eigenvalue weighted by Gasteiger charge is 2.36. The van der Waals surface area contributed by atoms with E-state index in [4.69, 9.17) is 0 Å². The Kier molecular flexibility index (Phi) is 6.03. The zero-order chi connectivity index (χ0) is 20.5. The second-order valence-electron chi connectivity index (χ2n) is 9.18. The summed E-state index contributed by atoms with van der Waals surface area (Å²) in [4.78, 5) is 0. The second kappa shape index (κ2) is 8.53. The monoisotopic (exact) mass is 400 g/mol. The van der Waals surface area contributed by atoms with Crippen LogP contribution in [0.5, 0.6) is 0 Å². The SMILES string of the molecule is C=CCCc1ccc2cc([C@@H]3CC[C@@H]4CC(CC)CCC4C3)c(F)c(F)c2c1F. The van der Waals surface area contributed by atoms with Gasteiger partial charge in [-0.05, 0) is 91.2 Å². The summed E-state index contributed by atoms with van der Waals surface area (Å²) in [5, 5.41) is 0.264. The van der Waals surface area contributed by atoms with Crippen LogP contribution in [0.3, 0.4) is 0 Å². The normalized spacial score (nSPS) is 27.0. The summed E-state index contributed by atoms with van der Waals surface area (Å²) in [5.74, 6) is -0.266. The molecule has 2 aromatic rings. The predicted molar refractivity (Wildman–Crippen MR) is 114 cm³/mol. The van der Waals surface area contributed by atoms with E-state index < -0.39 is 17.5 Å². The van der Waals surface area contributed by atoms with Crippen LogP contribution in [0.2, 0.25) is 0 Å². The summed E-state index contributed by atoms with van der Waals surface area (Å²) >= 11 is 0. The maximum absolute atomic E-state index is 15.1. The van der Waals surface area contributed by atoms with Gasteiger partial charge < -0.3 is 0 Å². The molecule has 0 amide bonds. The van der Waals surface area contributed by atoms with Crippen molar-refractivity contribution in [2.45, 2.75) is 70.6 Å². The Morgan fingerprint density at radius 2 is 1.72 bits per heavy atom. The van der Waals surface area contributed by atoms with Crippen molar-refractivity contribution in [2.75, 3.05) is 0 Å². The van der Waals surface area contributed by atoms with E-state index in [-0.39, 0.29) is 11.3 Å². The van der Waals surface area contributed by atoms with E-state index in [1.807, 2.05) is 0 Å². The number of allylic oxidation sites excluding steroid dienone is 1. The molecule has 3 heteroatoms. The lowest BCUT2D eigenvalue weighted by Gasteiger charge is -2.42. The Hall–Kier alpha value is -1.77. The number of hydrogen-bond acceptors (Lipinski definition) is 0.